The normalized spacial score (nSPS) is 10.4. The summed E-state index contributed by atoms with van der Waals surface area (Å²) < 4.78 is 5.06. The molecule has 1 aromatic heterocycles. The molecule has 0 aliphatic carbocycles. The monoisotopic (exact) mass is 380 g/mol. The number of thioether (sulfide) groups is 1. The Balaban J connectivity index is 2.21. The Morgan fingerprint density at radius 3 is 2.76 bits per heavy atom. The number of esters is 1. The molecule has 0 atom stereocenters. The molecular formula is C17H21ClN4O2S. The summed E-state index contributed by atoms with van der Waals surface area (Å²) in [5.41, 5.74) is 2.25. The predicted octanol–water partition coefficient (Wildman–Crippen LogP) is 3.71. The highest BCUT2D eigenvalue weighted by molar-refractivity contribution is 7.98. The summed E-state index contributed by atoms with van der Waals surface area (Å²) in [6.45, 7) is 2.53. The van der Waals surface area contributed by atoms with Gasteiger partial charge in [-0.2, -0.15) is 0 Å². The van der Waals surface area contributed by atoms with Crippen LogP contribution >= 0.6 is 23.4 Å². The van der Waals surface area contributed by atoms with E-state index in [4.69, 9.17) is 16.3 Å². The van der Waals surface area contributed by atoms with Crippen molar-refractivity contribution in [2.75, 3.05) is 37.2 Å². The highest BCUT2D eigenvalue weighted by Gasteiger charge is 2.16. The van der Waals surface area contributed by atoms with Crippen LogP contribution in [0, 0.1) is 0 Å². The number of carbonyl (C=O) groups is 1. The van der Waals surface area contributed by atoms with Crippen molar-refractivity contribution in [2.24, 2.45) is 0 Å². The van der Waals surface area contributed by atoms with Gasteiger partial charge in [-0.15, -0.1) is 0 Å². The lowest BCUT2D eigenvalue weighted by molar-refractivity contribution is 0.0526. The second-order valence-electron chi connectivity index (χ2n) is 5.37. The Morgan fingerprint density at radius 1 is 1.40 bits per heavy atom. The number of anilines is 2. The number of hydrogen-bond acceptors (Lipinski definition) is 7. The molecular weight excluding hydrogens is 360 g/mol. The van der Waals surface area contributed by atoms with Crippen LogP contribution in [-0.2, 0) is 11.3 Å². The van der Waals surface area contributed by atoms with Gasteiger partial charge in [0, 0.05) is 26.8 Å². The molecule has 2 aromatic rings. The average molecular weight is 381 g/mol. The lowest BCUT2D eigenvalue weighted by Gasteiger charge is -2.16. The first-order valence-corrected chi connectivity index (χ1v) is 9.34. The van der Waals surface area contributed by atoms with Gasteiger partial charge in [0.25, 0.3) is 0 Å². The lowest BCUT2D eigenvalue weighted by Crippen LogP contribution is -2.13. The van der Waals surface area contributed by atoms with Crippen molar-refractivity contribution >= 4 is 40.8 Å². The molecule has 0 amide bonds. The first kappa shape index (κ1) is 19.3. The second-order valence-corrected chi connectivity index (χ2v) is 6.55. The van der Waals surface area contributed by atoms with Crippen molar-refractivity contribution in [3.8, 4) is 0 Å². The van der Waals surface area contributed by atoms with E-state index in [1.165, 1.54) is 18.0 Å². The standard InChI is InChI=1S/C17H21ClN4O2S/c1-5-24-16(23)12-10-20-17(25-4)21-15(12)19-9-11-6-7-14(22(2)3)13(18)8-11/h6-8,10H,5,9H2,1-4H3,(H,19,20,21). The van der Waals surface area contributed by atoms with E-state index in [2.05, 4.69) is 15.3 Å². The van der Waals surface area contributed by atoms with Crippen LogP contribution in [0.1, 0.15) is 22.8 Å². The van der Waals surface area contributed by atoms with Crippen LogP contribution in [0.25, 0.3) is 0 Å². The molecule has 1 heterocycles. The number of nitrogens with zero attached hydrogens (tertiary/aromatic N) is 3. The molecule has 134 valence electrons. The number of aromatic nitrogens is 2. The fraction of sp³-hybridized carbons (Fsp3) is 0.353. The van der Waals surface area contributed by atoms with E-state index < -0.39 is 5.97 Å². The maximum atomic E-state index is 12.1. The molecule has 0 saturated carbocycles. The molecule has 8 heteroatoms. The Labute approximate surface area is 156 Å². The maximum Gasteiger partial charge on any atom is 0.343 e. The highest BCUT2D eigenvalue weighted by Crippen LogP contribution is 2.26. The van der Waals surface area contributed by atoms with Crippen LogP contribution in [-0.4, -0.2) is 42.9 Å². The zero-order valence-electron chi connectivity index (χ0n) is 14.7. The van der Waals surface area contributed by atoms with E-state index in [1.807, 2.05) is 43.5 Å². The SMILES string of the molecule is CCOC(=O)c1cnc(SC)nc1NCc1ccc(N(C)C)c(Cl)c1. The van der Waals surface area contributed by atoms with Gasteiger partial charge in [0.05, 0.1) is 17.3 Å². The molecule has 1 N–H and O–H groups in total. The van der Waals surface area contributed by atoms with Gasteiger partial charge in [-0.3, -0.25) is 0 Å². The molecule has 2 rings (SSSR count). The maximum absolute atomic E-state index is 12.1. The van der Waals surface area contributed by atoms with Crippen molar-refractivity contribution in [1.82, 2.24) is 9.97 Å². The minimum Gasteiger partial charge on any atom is -0.462 e. The number of carbonyl (C=O) groups excluding carboxylic acids is 1. The zero-order valence-corrected chi connectivity index (χ0v) is 16.2. The summed E-state index contributed by atoms with van der Waals surface area (Å²) in [5, 5.41) is 4.43. The first-order valence-electron chi connectivity index (χ1n) is 7.74. The molecule has 0 aliphatic rings. The van der Waals surface area contributed by atoms with Gasteiger partial charge in [0.1, 0.15) is 11.4 Å². The number of nitrogens with one attached hydrogen (secondary N) is 1. The fourth-order valence-corrected chi connectivity index (χ4v) is 2.88. The van der Waals surface area contributed by atoms with Crippen molar-refractivity contribution in [3.63, 3.8) is 0 Å². The van der Waals surface area contributed by atoms with Crippen molar-refractivity contribution in [3.05, 3.63) is 40.5 Å². The van der Waals surface area contributed by atoms with E-state index in [1.54, 1.807) is 6.92 Å². The number of ether oxygens (including phenoxy) is 1. The highest BCUT2D eigenvalue weighted by atomic mass is 35.5. The first-order chi connectivity index (χ1) is 12.0. The summed E-state index contributed by atoms with van der Waals surface area (Å²) in [7, 11) is 3.88. The van der Waals surface area contributed by atoms with Crippen molar-refractivity contribution in [2.45, 2.75) is 18.6 Å². The van der Waals surface area contributed by atoms with Gasteiger partial charge in [-0.25, -0.2) is 14.8 Å². The minimum absolute atomic E-state index is 0.296. The third kappa shape index (κ3) is 4.99. The molecule has 0 aliphatic heterocycles. The van der Waals surface area contributed by atoms with Crippen LogP contribution in [0.2, 0.25) is 5.02 Å². The number of halogens is 1. The van der Waals surface area contributed by atoms with Crippen LogP contribution in [0.15, 0.2) is 29.6 Å². The van der Waals surface area contributed by atoms with Gasteiger partial charge in [-0.1, -0.05) is 29.4 Å². The Morgan fingerprint density at radius 2 is 2.16 bits per heavy atom. The third-order valence-corrected chi connectivity index (χ3v) is 4.26. The van der Waals surface area contributed by atoms with Gasteiger partial charge in [-0.05, 0) is 30.9 Å². The van der Waals surface area contributed by atoms with Crippen LogP contribution < -0.4 is 10.2 Å². The largest absolute Gasteiger partial charge is 0.462 e. The molecule has 1 aromatic carbocycles. The van der Waals surface area contributed by atoms with E-state index in [0.717, 1.165) is 11.3 Å². The Kier molecular flexibility index (Phi) is 6.90. The van der Waals surface area contributed by atoms with Crippen LogP contribution in [0.3, 0.4) is 0 Å². The van der Waals surface area contributed by atoms with Gasteiger partial charge < -0.3 is 15.0 Å². The van der Waals surface area contributed by atoms with Gasteiger partial charge >= 0.3 is 5.97 Å². The quantitative estimate of drug-likeness (QED) is 0.446. The van der Waals surface area contributed by atoms with Crippen molar-refractivity contribution < 1.29 is 9.53 Å². The number of rotatable bonds is 7. The molecule has 0 unspecified atom stereocenters. The molecule has 6 nitrogen and oxygen atoms in total. The van der Waals surface area contributed by atoms with Gasteiger partial charge in [0.2, 0.25) is 0 Å². The lowest BCUT2D eigenvalue weighted by atomic mass is 10.2. The summed E-state index contributed by atoms with van der Waals surface area (Å²) >= 11 is 7.71. The zero-order chi connectivity index (χ0) is 18.4. The van der Waals surface area contributed by atoms with Crippen molar-refractivity contribution in [1.29, 1.82) is 0 Å². The topological polar surface area (TPSA) is 67.3 Å². The molecule has 0 radical (unpaired) electrons. The number of hydrogen-bond donors (Lipinski definition) is 1. The predicted molar refractivity (Wildman–Crippen MR) is 103 cm³/mol. The Hall–Kier alpha value is -1.99. The summed E-state index contributed by atoms with van der Waals surface area (Å²) in [6, 6.07) is 5.83. The molecule has 0 spiro atoms. The summed E-state index contributed by atoms with van der Waals surface area (Å²) in [5.74, 6) is 0.00393. The number of benzene rings is 1. The third-order valence-electron chi connectivity index (χ3n) is 3.40. The Bertz CT molecular complexity index is 755. The second kappa shape index (κ2) is 8.92. The summed E-state index contributed by atoms with van der Waals surface area (Å²) in [4.78, 5) is 22.5. The minimum atomic E-state index is -0.446. The van der Waals surface area contributed by atoms with E-state index >= 15 is 0 Å². The van der Waals surface area contributed by atoms with Gasteiger partial charge in [0.15, 0.2) is 5.16 Å². The molecule has 25 heavy (non-hydrogen) atoms. The van der Waals surface area contributed by atoms with Crippen LogP contribution in [0.4, 0.5) is 11.5 Å². The molecule has 0 bridgehead atoms. The van der Waals surface area contributed by atoms with E-state index in [0.29, 0.717) is 34.7 Å². The molecule has 0 fully saturated rings. The van der Waals surface area contributed by atoms with Crippen LogP contribution in [0.5, 0.6) is 0 Å². The smallest absolute Gasteiger partial charge is 0.343 e. The average Bonchev–Trinajstić information content (AvgIpc) is 2.59. The fourth-order valence-electron chi connectivity index (χ4n) is 2.17. The van der Waals surface area contributed by atoms with E-state index in [9.17, 15) is 4.79 Å². The summed E-state index contributed by atoms with van der Waals surface area (Å²) in [6.07, 6.45) is 3.37. The van der Waals surface area contributed by atoms with E-state index in [-0.39, 0.29) is 0 Å². The molecule has 0 saturated heterocycles.